The Morgan fingerprint density at radius 2 is 1.65 bits per heavy atom. The van der Waals surface area contributed by atoms with Gasteiger partial charge in [0.2, 0.25) is 10.0 Å². The summed E-state index contributed by atoms with van der Waals surface area (Å²) in [6.45, 7) is 4.09. The van der Waals surface area contributed by atoms with E-state index < -0.39 is 22.0 Å². The summed E-state index contributed by atoms with van der Waals surface area (Å²) in [4.78, 5) is 26.4. The fraction of sp³-hybridized carbons (Fsp3) is 0.333. The highest BCUT2D eigenvalue weighted by Crippen LogP contribution is 2.36. The second-order valence-electron chi connectivity index (χ2n) is 6.24. The van der Waals surface area contributed by atoms with Crippen molar-refractivity contribution < 1.29 is 32.2 Å². The van der Waals surface area contributed by atoms with Crippen LogP contribution < -0.4 is 9.64 Å². The minimum absolute atomic E-state index is 0.0152. The molecule has 0 radical (unpaired) electrons. The van der Waals surface area contributed by atoms with Crippen LogP contribution in [0.25, 0.3) is 0 Å². The molecule has 1 heterocycles. The highest BCUT2D eigenvalue weighted by Gasteiger charge is 2.30. The summed E-state index contributed by atoms with van der Waals surface area (Å²) in [7, 11) is 0.00268. The Kier molecular flexibility index (Phi) is 8.01. The molecule has 1 aliphatic rings. The Balaban J connectivity index is 2.80. The molecule has 0 bridgehead atoms. The Morgan fingerprint density at radius 3 is 2.19 bits per heavy atom. The van der Waals surface area contributed by atoms with Crippen LogP contribution in [-0.4, -0.2) is 59.1 Å². The fourth-order valence-electron chi connectivity index (χ4n) is 3.08. The van der Waals surface area contributed by atoms with Crippen molar-refractivity contribution in [2.75, 3.05) is 39.3 Å². The highest BCUT2D eigenvalue weighted by molar-refractivity contribution is 7.89. The van der Waals surface area contributed by atoms with Crippen LogP contribution in [0.3, 0.4) is 0 Å². The van der Waals surface area contributed by atoms with Gasteiger partial charge in [0.1, 0.15) is 11.4 Å². The van der Waals surface area contributed by atoms with E-state index in [0.29, 0.717) is 13.1 Å². The van der Waals surface area contributed by atoms with Gasteiger partial charge in [0.25, 0.3) is 0 Å². The summed E-state index contributed by atoms with van der Waals surface area (Å²) in [5, 5.41) is 0. The standard InChI is InChI=1S/C21H26N2O7S/c1-6-22(7-2)31(26,27)15-11-12-18(28-3)17(14-15)23-13-9-8-10-16(20(24)29-4)19(23)21(25)30-5/h8-14H,6-7H2,1-5H3. The molecule has 0 amide bonds. The van der Waals surface area contributed by atoms with Crippen molar-refractivity contribution in [1.29, 1.82) is 0 Å². The predicted molar refractivity (Wildman–Crippen MR) is 115 cm³/mol. The minimum atomic E-state index is -3.79. The van der Waals surface area contributed by atoms with Gasteiger partial charge in [0.15, 0.2) is 0 Å². The molecule has 0 unspecified atom stereocenters. The summed E-state index contributed by atoms with van der Waals surface area (Å²) in [6.07, 6.45) is 6.06. The van der Waals surface area contributed by atoms with Gasteiger partial charge in [0, 0.05) is 19.3 Å². The molecule has 0 aromatic heterocycles. The Labute approximate surface area is 182 Å². The number of ether oxygens (including phenoxy) is 3. The lowest BCUT2D eigenvalue weighted by molar-refractivity contribution is -0.139. The zero-order chi connectivity index (χ0) is 23.2. The van der Waals surface area contributed by atoms with Gasteiger partial charge in [-0.15, -0.1) is 0 Å². The topological polar surface area (TPSA) is 102 Å². The van der Waals surface area contributed by atoms with Crippen molar-refractivity contribution in [2.24, 2.45) is 0 Å². The fourth-order valence-corrected chi connectivity index (χ4v) is 4.56. The van der Waals surface area contributed by atoms with E-state index in [1.54, 1.807) is 26.0 Å². The SMILES string of the molecule is CCN(CC)S(=O)(=O)c1ccc(OC)c(N2C=CC=CC(C(=O)OC)=C2C(=O)OC)c1. The number of carbonyl (C=O) groups excluding carboxylic acids is 2. The first-order chi connectivity index (χ1) is 14.8. The van der Waals surface area contributed by atoms with Crippen LogP contribution in [0.4, 0.5) is 5.69 Å². The van der Waals surface area contributed by atoms with Crippen molar-refractivity contribution in [1.82, 2.24) is 4.31 Å². The van der Waals surface area contributed by atoms with Crippen LogP contribution >= 0.6 is 0 Å². The van der Waals surface area contributed by atoms with E-state index in [0.717, 1.165) is 0 Å². The van der Waals surface area contributed by atoms with Gasteiger partial charge in [0.05, 0.1) is 37.5 Å². The number of carbonyl (C=O) groups is 2. The maximum atomic E-state index is 13.0. The molecule has 10 heteroatoms. The summed E-state index contributed by atoms with van der Waals surface area (Å²) in [6, 6.07) is 4.31. The van der Waals surface area contributed by atoms with Crippen LogP contribution in [0.15, 0.2) is 58.8 Å². The Bertz CT molecular complexity index is 1040. The molecule has 1 aromatic rings. The van der Waals surface area contributed by atoms with E-state index >= 15 is 0 Å². The largest absolute Gasteiger partial charge is 0.495 e. The molecule has 0 spiro atoms. The smallest absolute Gasteiger partial charge is 0.355 e. The first kappa shape index (κ1) is 24.2. The predicted octanol–water partition coefficient (Wildman–Crippen LogP) is 2.22. The Hall–Kier alpha value is -3.11. The quantitative estimate of drug-likeness (QED) is 0.556. The molecule has 0 saturated carbocycles. The van der Waals surface area contributed by atoms with E-state index in [4.69, 9.17) is 14.2 Å². The third-order valence-electron chi connectivity index (χ3n) is 4.64. The van der Waals surface area contributed by atoms with Gasteiger partial charge >= 0.3 is 11.9 Å². The van der Waals surface area contributed by atoms with Crippen molar-refractivity contribution in [2.45, 2.75) is 18.7 Å². The number of sulfonamides is 1. The van der Waals surface area contributed by atoms with Gasteiger partial charge in [-0.3, -0.25) is 0 Å². The average Bonchev–Trinajstić information content (AvgIpc) is 3.01. The lowest BCUT2D eigenvalue weighted by Gasteiger charge is -2.26. The molecule has 0 atom stereocenters. The van der Waals surface area contributed by atoms with Crippen molar-refractivity contribution in [3.63, 3.8) is 0 Å². The van der Waals surface area contributed by atoms with Gasteiger partial charge in [-0.25, -0.2) is 18.0 Å². The van der Waals surface area contributed by atoms with Crippen LogP contribution in [0.2, 0.25) is 0 Å². The first-order valence-corrected chi connectivity index (χ1v) is 10.9. The number of methoxy groups -OCH3 is 3. The normalized spacial score (nSPS) is 13.9. The summed E-state index contributed by atoms with van der Waals surface area (Å²) < 4.78 is 42.5. The Morgan fingerprint density at radius 1 is 1.00 bits per heavy atom. The summed E-state index contributed by atoms with van der Waals surface area (Å²) in [5.74, 6) is -1.28. The van der Waals surface area contributed by atoms with Gasteiger partial charge < -0.3 is 19.1 Å². The number of anilines is 1. The summed E-state index contributed by atoms with van der Waals surface area (Å²) >= 11 is 0. The summed E-state index contributed by atoms with van der Waals surface area (Å²) in [5.41, 5.74) is 0.0333. The van der Waals surface area contributed by atoms with Crippen LogP contribution in [0.1, 0.15) is 13.8 Å². The number of allylic oxidation sites excluding steroid dienone is 2. The van der Waals surface area contributed by atoms with Gasteiger partial charge in [-0.2, -0.15) is 4.31 Å². The van der Waals surface area contributed by atoms with Gasteiger partial charge in [-0.05, 0) is 30.4 Å². The molecule has 1 aromatic carbocycles. The van der Waals surface area contributed by atoms with E-state index in [-0.39, 0.29) is 27.6 Å². The molecule has 168 valence electrons. The van der Waals surface area contributed by atoms with Crippen molar-refractivity contribution >= 4 is 27.6 Å². The molecule has 0 N–H and O–H groups in total. The lowest BCUT2D eigenvalue weighted by atomic mass is 10.1. The number of rotatable bonds is 8. The number of nitrogens with zero attached hydrogens (tertiary/aromatic N) is 2. The van der Waals surface area contributed by atoms with E-state index in [2.05, 4.69) is 0 Å². The molecule has 9 nitrogen and oxygen atoms in total. The minimum Gasteiger partial charge on any atom is -0.495 e. The number of esters is 2. The lowest BCUT2D eigenvalue weighted by Crippen LogP contribution is -2.31. The molecule has 31 heavy (non-hydrogen) atoms. The first-order valence-electron chi connectivity index (χ1n) is 9.49. The number of hydrogen-bond donors (Lipinski definition) is 0. The number of benzene rings is 1. The monoisotopic (exact) mass is 450 g/mol. The third-order valence-corrected chi connectivity index (χ3v) is 6.69. The second-order valence-corrected chi connectivity index (χ2v) is 8.18. The van der Waals surface area contributed by atoms with E-state index in [9.17, 15) is 18.0 Å². The van der Waals surface area contributed by atoms with Crippen molar-refractivity contribution in [3.05, 3.63) is 53.9 Å². The van der Waals surface area contributed by atoms with E-state index in [1.807, 2.05) is 0 Å². The van der Waals surface area contributed by atoms with E-state index in [1.165, 1.54) is 61.0 Å². The number of hydrogen-bond acceptors (Lipinski definition) is 8. The molecule has 0 aliphatic carbocycles. The molecular weight excluding hydrogens is 424 g/mol. The van der Waals surface area contributed by atoms with Crippen LogP contribution in [0.5, 0.6) is 5.75 Å². The molecule has 1 aliphatic heterocycles. The zero-order valence-electron chi connectivity index (χ0n) is 18.1. The van der Waals surface area contributed by atoms with Crippen LogP contribution in [-0.2, 0) is 29.1 Å². The zero-order valence-corrected chi connectivity index (χ0v) is 18.9. The van der Waals surface area contributed by atoms with Crippen molar-refractivity contribution in [3.8, 4) is 5.75 Å². The third kappa shape index (κ3) is 4.80. The maximum absolute atomic E-state index is 13.0. The second kappa shape index (κ2) is 10.3. The van der Waals surface area contributed by atoms with Gasteiger partial charge in [-0.1, -0.05) is 19.9 Å². The molecule has 0 saturated heterocycles. The highest BCUT2D eigenvalue weighted by atomic mass is 32.2. The van der Waals surface area contributed by atoms with Crippen LogP contribution in [0, 0.1) is 0 Å². The maximum Gasteiger partial charge on any atom is 0.355 e. The molecule has 0 fully saturated rings. The average molecular weight is 451 g/mol. The molecule has 2 rings (SSSR count). The molecular formula is C21H26N2O7S.